The number of hydrogen-bond acceptors (Lipinski definition) is 3. The maximum Gasteiger partial charge on any atom is 0.121 e. The molecule has 0 aliphatic carbocycles. The molecule has 0 amide bonds. The number of hydrogen-bond donors (Lipinski definition) is 0. The van der Waals surface area contributed by atoms with E-state index in [9.17, 15) is 0 Å². The van der Waals surface area contributed by atoms with Crippen LogP contribution < -0.4 is 4.40 Å². The van der Waals surface area contributed by atoms with Gasteiger partial charge >= 0.3 is 126 Å². The van der Waals surface area contributed by atoms with Crippen molar-refractivity contribution in [3.8, 4) is 44.8 Å². The van der Waals surface area contributed by atoms with E-state index in [0.717, 1.165) is 50.9 Å². The van der Waals surface area contributed by atoms with Crippen molar-refractivity contribution in [2.24, 2.45) is 5.92 Å². The van der Waals surface area contributed by atoms with Crippen LogP contribution >= 0.6 is 0 Å². The molecule has 3 nitrogen and oxygen atoms in total. The zero-order chi connectivity index (χ0) is 40.5. The van der Waals surface area contributed by atoms with Crippen molar-refractivity contribution in [3.05, 3.63) is 162 Å². The van der Waals surface area contributed by atoms with Crippen LogP contribution in [-0.2, 0) is 31.9 Å². The van der Waals surface area contributed by atoms with Crippen molar-refractivity contribution in [1.82, 2.24) is 9.97 Å². The van der Waals surface area contributed by atoms with E-state index in [1.54, 1.807) is 4.40 Å². The first kappa shape index (κ1) is 43.0. The molecule has 0 aliphatic rings. The van der Waals surface area contributed by atoms with Crippen LogP contribution in [0, 0.1) is 31.9 Å². The fraction of sp³-hybridized carbons (Fsp3) is 0.245. The zero-order valence-corrected chi connectivity index (χ0v) is 40.0. The minimum absolute atomic E-state index is 0. The Morgan fingerprint density at radius 3 is 2.07 bits per heavy atom. The van der Waals surface area contributed by atoms with Gasteiger partial charge in [0, 0.05) is 31.7 Å². The summed E-state index contributed by atoms with van der Waals surface area (Å²) in [5, 5.41) is 2.20. The average Bonchev–Trinajstić information content (AvgIpc) is 3.56. The molecule has 297 valence electrons. The van der Waals surface area contributed by atoms with Crippen molar-refractivity contribution in [2.45, 2.75) is 77.6 Å². The Kier molecular flexibility index (Phi) is 13.1. The van der Waals surface area contributed by atoms with Gasteiger partial charge in [-0.15, -0.1) is 18.2 Å². The minimum Gasteiger partial charge on any atom is -0.501 e. The fourth-order valence-corrected chi connectivity index (χ4v) is 11.2. The Morgan fingerprint density at radius 1 is 0.690 bits per heavy atom. The van der Waals surface area contributed by atoms with Crippen molar-refractivity contribution < 1.29 is 24.5 Å². The first-order valence-corrected chi connectivity index (χ1v) is 27.5. The quantitative estimate of drug-likeness (QED) is 0.118. The maximum absolute atomic E-state index is 6.53. The predicted octanol–water partition coefficient (Wildman–Crippen LogP) is 14.0. The average molecular weight is 1000 g/mol. The van der Waals surface area contributed by atoms with Crippen molar-refractivity contribution in [1.29, 1.82) is 0 Å². The van der Waals surface area contributed by atoms with Gasteiger partial charge in [0.25, 0.3) is 0 Å². The standard InChI is InChI=1S/C35H30NO.C18H24GeN.Ir/c1-22-18-26(24-10-7-6-8-11-24)19-23(2)33(22)25-14-15-28-29-12-9-13-30(34(29)37-32(28)20-25)31-21-27(16-17-36-31)35(3,4)5;1-14(2)11-16-12-18(15-9-7-6-8-10-15)20-13-17(16)19(3,4)5;/h6-12,14-21H,1-5H3;6-9,12-14H,11H2,1-5H3;/q2*-1;. The molecule has 0 N–H and O–H groups in total. The van der Waals surface area contributed by atoms with Crippen LogP contribution in [0.25, 0.3) is 66.7 Å². The van der Waals surface area contributed by atoms with Gasteiger partial charge in [-0.2, -0.15) is 0 Å². The third kappa shape index (κ3) is 9.47. The van der Waals surface area contributed by atoms with Gasteiger partial charge in [0.2, 0.25) is 0 Å². The van der Waals surface area contributed by atoms with Crippen LogP contribution in [0.2, 0.25) is 17.3 Å². The number of aryl methyl sites for hydroxylation is 2. The number of benzene rings is 5. The molecule has 3 heterocycles. The largest absolute Gasteiger partial charge is 0.501 e. The molecule has 0 atom stereocenters. The Balaban J connectivity index is 0.000000230. The molecule has 0 saturated carbocycles. The molecule has 5 heteroatoms. The van der Waals surface area contributed by atoms with E-state index in [1.165, 1.54) is 44.5 Å². The molecule has 0 fully saturated rings. The van der Waals surface area contributed by atoms with Crippen LogP contribution in [0.5, 0.6) is 0 Å². The van der Waals surface area contributed by atoms with Crippen LogP contribution in [0.1, 0.15) is 56.9 Å². The third-order valence-electron chi connectivity index (χ3n) is 10.7. The van der Waals surface area contributed by atoms with Crippen LogP contribution in [0.4, 0.5) is 0 Å². The second-order valence-corrected chi connectivity index (χ2v) is 28.4. The third-order valence-corrected chi connectivity index (χ3v) is 15.0. The van der Waals surface area contributed by atoms with E-state index in [-0.39, 0.29) is 25.5 Å². The van der Waals surface area contributed by atoms with Gasteiger partial charge < -0.3 is 9.40 Å². The van der Waals surface area contributed by atoms with E-state index < -0.39 is 13.3 Å². The van der Waals surface area contributed by atoms with E-state index in [1.807, 2.05) is 30.5 Å². The van der Waals surface area contributed by atoms with E-state index >= 15 is 0 Å². The molecule has 8 rings (SSSR count). The van der Waals surface area contributed by atoms with Gasteiger partial charge in [0.05, 0.1) is 5.58 Å². The predicted molar refractivity (Wildman–Crippen MR) is 245 cm³/mol. The zero-order valence-electron chi connectivity index (χ0n) is 35.5. The SMILES string of the molecule is CC(C)Cc1cc(-c2[c-]cccc2)nc[c]1[Ge]([CH3])([CH3])[CH3].Cc1cc(-c2ccccc2)cc(C)c1-c1ccc2c(c1)oc1c(-c3cc(C(C)(C)C)ccn3)[c-]ccc12.[Ir]. The summed E-state index contributed by atoms with van der Waals surface area (Å²) in [7, 11) is 0. The molecule has 1 radical (unpaired) electrons. The Morgan fingerprint density at radius 2 is 1.41 bits per heavy atom. The van der Waals surface area contributed by atoms with Gasteiger partial charge in [0.1, 0.15) is 5.58 Å². The summed E-state index contributed by atoms with van der Waals surface area (Å²) >= 11 is -1.86. The molecule has 0 spiro atoms. The first-order chi connectivity index (χ1) is 27.2. The second-order valence-electron chi connectivity index (χ2n) is 17.8. The minimum atomic E-state index is -1.86. The second kappa shape index (κ2) is 17.7. The smallest absolute Gasteiger partial charge is 0.121 e. The number of nitrogens with zero attached hydrogens (tertiary/aromatic N) is 2. The van der Waals surface area contributed by atoms with Crippen LogP contribution in [0.3, 0.4) is 0 Å². The molecule has 0 unspecified atom stereocenters. The van der Waals surface area contributed by atoms with Crippen molar-refractivity contribution >= 4 is 39.6 Å². The normalized spacial score (nSPS) is 11.7. The summed E-state index contributed by atoms with van der Waals surface area (Å²) in [4.78, 5) is 9.37. The maximum atomic E-state index is 6.53. The molecule has 0 aliphatic heterocycles. The Hall–Kier alpha value is -4.61. The molecular formula is C53H54GeIrN2O-2. The van der Waals surface area contributed by atoms with E-state index in [0.29, 0.717) is 5.92 Å². The molecule has 8 aromatic rings. The molecular weight excluding hydrogens is 945 g/mol. The van der Waals surface area contributed by atoms with Gasteiger partial charge in [-0.25, -0.2) is 0 Å². The number of pyridine rings is 2. The van der Waals surface area contributed by atoms with Crippen LogP contribution in [-0.4, -0.2) is 23.2 Å². The molecule has 0 bridgehead atoms. The number of furan rings is 1. The van der Waals surface area contributed by atoms with Gasteiger partial charge in [-0.1, -0.05) is 92.4 Å². The van der Waals surface area contributed by atoms with Gasteiger partial charge in [-0.05, 0) is 76.0 Å². The Bertz CT molecular complexity index is 2640. The monoisotopic (exact) mass is 1000 g/mol. The summed E-state index contributed by atoms with van der Waals surface area (Å²) in [6.45, 7) is 15.6. The summed E-state index contributed by atoms with van der Waals surface area (Å²) in [6.07, 6.45) is 5.15. The topological polar surface area (TPSA) is 38.9 Å². The number of fused-ring (bicyclic) bond motifs is 3. The number of aromatic nitrogens is 2. The molecule has 5 aromatic carbocycles. The van der Waals surface area contributed by atoms with Crippen molar-refractivity contribution in [3.63, 3.8) is 0 Å². The molecule has 0 saturated heterocycles. The summed E-state index contributed by atoms with van der Waals surface area (Å²) in [5.74, 6) is 7.99. The van der Waals surface area contributed by atoms with E-state index in [4.69, 9.17) is 9.40 Å². The van der Waals surface area contributed by atoms with Gasteiger partial charge in [-0.3, -0.25) is 0 Å². The number of rotatable bonds is 7. The molecule has 58 heavy (non-hydrogen) atoms. The summed E-state index contributed by atoms with van der Waals surface area (Å²) in [6, 6.07) is 47.0. The Labute approximate surface area is 362 Å². The van der Waals surface area contributed by atoms with E-state index in [2.05, 4.69) is 180 Å². The van der Waals surface area contributed by atoms with Crippen molar-refractivity contribution in [2.75, 3.05) is 0 Å². The summed E-state index contributed by atoms with van der Waals surface area (Å²) < 4.78 is 8.07. The van der Waals surface area contributed by atoms with Gasteiger partial charge in [0.15, 0.2) is 0 Å². The fourth-order valence-electron chi connectivity index (χ4n) is 7.82. The van der Waals surface area contributed by atoms with Crippen LogP contribution in [0.15, 0.2) is 132 Å². The summed E-state index contributed by atoms with van der Waals surface area (Å²) in [5.41, 5.74) is 15.8. The first-order valence-electron chi connectivity index (χ1n) is 20.1. The molecule has 3 aromatic heterocycles.